The molecule has 0 saturated carbocycles. The zero-order valence-electron chi connectivity index (χ0n) is 7.89. The Labute approximate surface area is 82.8 Å². The molecular formula is C7H14N2O4S. The van der Waals surface area contributed by atoms with Crippen LogP contribution in [0.2, 0.25) is 0 Å². The number of amides is 1. The molecule has 1 heterocycles. The first-order valence-electron chi connectivity index (χ1n) is 4.29. The van der Waals surface area contributed by atoms with Gasteiger partial charge < -0.3 is 10.5 Å². The maximum atomic E-state index is 11.3. The quantitative estimate of drug-likeness (QED) is 0.610. The summed E-state index contributed by atoms with van der Waals surface area (Å²) in [5, 5.41) is 0. The van der Waals surface area contributed by atoms with Crippen molar-refractivity contribution in [3.05, 3.63) is 0 Å². The topological polar surface area (TPSA) is 98.5 Å². The molecule has 14 heavy (non-hydrogen) atoms. The first-order valence-corrected chi connectivity index (χ1v) is 6.18. The molecule has 2 atom stereocenters. The van der Waals surface area contributed by atoms with Crippen LogP contribution in [-0.4, -0.2) is 39.3 Å². The van der Waals surface area contributed by atoms with Crippen molar-refractivity contribution in [2.75, 3.05) is 12.8 Å². The second-order valence-corrected chi connectivity index (χ2v) is 5.05. The number of sulfonamides is 1. The van der Waals surface area contributed by atoms with E-state index in [4.69, 9.17) is 10.5 Å². The number of nitrogens with two attached hydrogens (primary N) is 1. The first-order chi connectivity index (χ1) is 6.42. The van der Waals surface area contributed by atoms with Gasteiger partial charge in [-0.05, 0) is 12.8 Å². The molecule has 6 nitrogen and oxygen atoms in total. The zero-order valence-corrected chi connectivity index (χ0v) is 8.71. The van der Waals surface area contributed by atoms with Crippen molar-refractivity contribution in [1.29, 1.82) is 0 Å². The molecule has 2 unspecified atom stereocenters. The number of ether oxygens (including phenoxy) is 1. The normalized spacial score (nSPS) is 27.6. The highest BCUT2D eigenvalue weighted by molar-refractivity contribution is 7.89. The maximum absolute atomic E-state index is 11.3. The minimum absolute atomic E-state index is 0.134. The van der Waals surface area contributed by atoms with Crippen molar-refractivity contribution in [3.63, 3.8) is 0 Å². The average molecular weight is 222 g/mol. The summed E-state index contributed by atoms with van der Waals surface area (Å²) in [5.74, 6) is -0.608. The second kappa shape index (κ2) is 4.24. The van der Waals surface area contributed by atoms with Crippen LogP contribution in [0.4, 0.5) is 0 Å². The van der Waals surface area contributed by atoms with E-state index in [2.05, 4.69) is 0 Å². The highest BCUT2D eigenvalue weighted by Crippen LogP contribution is 2.18. The van der Waals surface area contributed by atoms with Crippen LogP contribution >= 0.6 is 0 Å². The molecule has 1 amide bonds. The van der Waals surface area contributed by atoms with Crippen molar-refractivity contribution < 1.29 is 17.9 Å². The standard InChI is InChI=1S/C7H14N2O4S/c1-14(11,12)9-7(10)6-3-2-5(4-8)13-6/h5-6H,2-4,8H2,1H3,(H,9,10). The molecule has 0 aromatic rings. The minimum Gasteiger partial charge on any atom is -0.364 e. The largest absolute Gasteiger partial charge is 0.364 e. The van der Waals surface area contributed by atoms with E-state index in [1.807, 2.05) is 4.72 Å². The molecular weight excluding hydrogens is 208 g/mol. The molecule has 0 radical (unpaired) electrons. The molecule has 1 rings (SSSR count). The van der Waals surface area contributed by atoms with E-state index in [0.29, 0.717) is 19.4 Å². The number of hydrogen-bond acceptors (Lipinski definition) is 5. The van der Waals surface area contributed by atoms with E-state index < -0.39 is 22.0 Å². The van der Waals surface area contributed by atoms with Crippen LogP contribution < -0.4 is 10.5 Å². The summed E-state index contributed by atoms with van der Waals surface area (Å²) < 4.78 is 28.6. The number of hydrogen-bond donors (Lipinski definition) is 2. The molecule has 82 valence electrons. The Morgan fingerprint density at radius 1 is 1.57 bits per heavy atom. The number of carbonyl (C=O) groups excluding carboxylic acids is 1. The molecule has 0 spiro atoms. The summed E-state index contributed by atoms with van der Waals surface area (Å²) in [7, 11) is -3.50. The fraction of sp³-hybridized carbons (Fsp3) is 0.857. The van der Waals surface area contributed by atoms with Crippen molar-refractivity contribution in [3.8, 4) is 0 Å². The fourth-order valence-corrected chi connectivity index (χ4v) is 1.82. The lowest BCUT2D eigenvalue weighted by Gasteiger charge is -2.11. The molecule has 0 aromatic carbocycles. The van der Waals surface area contributed by atoms with E-state index in [-0.39, 0.29) is 6.10 Å². The third-order valence-corrected chi connectivity index (χ3v) is 2.52. The molecule has 0 aromatic heterocycles. The fourth-order valence-electron chi connectivity index (χ4n) is 1.32. The number of rotatable bonds is 3. The second-order valence-electron chi connectivity index (χ2n) is 3.30. The van der Waals surface area contributed by atoms with Crippen molar-refractivity contribution in [2.24, 2.45) is 5.73 Å². The lowest BCUT2D eigenvalue weighted by atomic mass is 10.2. The van der Waals surface area contributed by atoms with Gasteiger partial charge in [-0.15, -0.1) is 0 Å². The average Bonchev–Trinajstić information content (AvgIpc) is 2.48. The summed E-state index contributed by atoms with van der Waals surface area (Å²) in [4.78, 5) is 11.3. The molecule has 3 N–H and O–H groups in total. The van der Waals surface area contributed by atoms with Crippen molar-refractivity contribution >= 4 is 15.9 Å². The van der Waals surface area contributed by atoms with Gasteiger partial charge in [0.15, 0.2) is 0 Å². The zero-order chi connectivity index (χ0) is 10.8. The maximum Gasteiger partial charge on any atom is 0.262 e. The van der Waals surface area contributed by atoms with E-state index in [0.717, 1.165) is 6.26 Å². The van der Waals surface area contributed by atoms with Crippen LogP contribution in [0.3, 0.4) is 0 Å². The van der Waals surface area contributed by atoms with Gasteiger partial charge in [0.05, 0.1) is 12.4 Å². The van der Waals surface area contributed by atoms with Crippen LogP contribution in [0, 0.1) is 0 Å². The van der Waals surface area contributed by atoms with Gasteiger partial charge in [-0.3, -0.25) is 9.52 Å². The highest BCUT2D eigenvalue weighted by atomic mass is 32.2. The van der Waals surface area contributed by atoms with Crippen molar-refractivity contribution in [1.82, 2.24) is 4.72 Å². The van der Waals surface area contributed by atoms with E-state index >= 15 is 0 Å². The van der Waals surface area contributed by atoms with Crippen LogP contribution in [-0.2, 0) is 19.6 Å². The Morgan fingerprint density at radius 2 is 2.21 bits per heavy atom. The summed E-state index contributed by atoms with van der Waals surface area (Å²) in [6.07, 6.45) is 1.32. The van der Waals surface area contributed by atoms with Gasteiger partial charge in [0.1, 0.15) is 6.10 Å². The summed E-state index contributed by atoms with van der Waals surface area (Å²) >= 11 is 0. The molecule has 1 aliphatic rings. The van der Waals surface area contributed by atoms with Crippen LogP contribution in [0.25, 0.3) is 0 Å². The van der Waals surface area contributed by atoms with Gasteiger partial charge in [0.2, 0.25) is 10.0 Å². The van der Waals surface area contributed by atoms with Crippen molar-refractivity contribution in [2.45, 2.75) is 25.0 Å². The minimum atomic E-state index is -3.50. The van der Waals surface area contributed by atoms with Gasteiger partial charge >= 0.3 is 0 Å². The third-order valence-electron chi connectivity index (χ3n) is 1.95. The molecule has 1 saturated heterocycles. The van der Waals surface area contributed by atoms with Gasteiger partial charge in [0, 0.05) is 6.54 Å². The summed E-state index contributed by atoms with van der Waals surface area (Å²) in [6.45, 7) is 0.350. The smallest absolute Gasteiger partial charge is 0.262 e. The van der Waals surface area contributed by atoms with Crippen LogP contribution in [0.1, 0.15) is 12.8 Å². The van der Waals surface area contributed by atoms with Gasteiger partial charge in [-0.1, -0.05) is 0 Å². The predicted molar refractivity (Wildman–Crippen MR) is 49.9 cm³/mol. The Morgan fingerprint density at radius 3 is 2.64 bits per heavy atom. The Kier molecular flexibility index (Phi) is 3.46. The van der Waals surface area contributed by atoms with Crippen LogP contribution in [0.15, 0.2) is 0 Å². The van der Waals surface area contributed by atoms with Crippen LogP contribution in [0.5, 0.6) is 0 Å². The SMILES string of the molecule is CS(=O)(=O)NC(=O)C1CCC(CN)O1. The first kappa shape index (κ1) is 11.4. The Bertz CT molecular complexity index is 314. The Hall–Kier alpha value is -0.660. The lowest BCUT2D eigenvalue weighted by Crippen LogP contribution is -2.38. The molecule has 0 aliphatic carbocycles. The molecule has 1 aliphatic heterocycles. The van der Waals surface area contributed by atoms with E-state index in [9.17, 15) is 13.2 Å². The summed E-state index contributed by atoms with van der Waals surface area (Å²) in [6, 6.07) is 0. The molecule has 1 fully saturated rings. The van der Waals surface area contributed by atoms with Gasteiger partial charge in [-0.2, -0.15) is 0 Å². The number of carbonyl (C=O) groups is 1. The van der Waals surface area contributed by atoms with E-state index in [1.165, 1.54) is 0 Å². The lowest BCUT2D eigenvalue weighted by molar-refractivity contribution is -0.129. The molecule has 0 bridgehead atoms. The monoisotopic (exact) mass is 222 g/mol. The highest BCUT2D eigenvalue weighted by Gasteiger charge is 2.30. The Balaban J connectivity index is 2.48. The van der Waals surface area contributed by atoms with Gasteiger partial charge in [-0.25, -0.2) is 8.42 Å². The van der Waals surface area contributed by atoms with Gasteiger partial charge in [0.25, 0.3) is 5.91 Å². The summed E-state index contributed by atoms with van der Waals surface area (Å²) in [5.41, 5.74) is 5.35. The predicted octanol–water partition coefficient (Wildman–Crippen LogP) is -1.43. The third kappa shape index (κ3) is 3.24. The van der Waals surface area contributed by atoms with E-state index in [1.54, 1.807) is 0 Å². The number of nitrogens with one attached hydrogen (secondary N) is 1. The molecule has 7 heteroatoms.